The first-order valence-electron chi connectivity index (χ1n) is 13.4. The van der Waals surface area contributed by atoms with Crippen molar-refractivity contribution in [1.29, 1.82) is 0 Å². The van der Waals surface area contributed by atoms with Gasteiger partial charge >= 0.3 is 11.9 Å². The molecule has 0 radical (unpaired) electrons. The van der Waals surface area contributed by atoms with E-state index in [0.717, 1.165) is 0 Å². The molecule has 0 amide bonds. The van der Waals surface area contributed by atoms with Crippen molar-refractivity contribution in [3.05, 3.63) is 34.9 Å². The molecular weight excluding hydrogens is 440 g/mol. The molecule has 3 fully saturated rings. The van der Waals surface area contributed by atoms with Crippen LogP contribution in [0.25, 0.3) is 0 Å². The van der Waals surface area contributed by atoms with Gasteiger partial charge in [-0.3, -0.25) is 4.79 Å². The molecule has 2 saturated carbocycles. The highest BCUT2D eigenvalue weighted by molar-refractivity contribution is 5.93. The number of fused-ring (bicyclic) bond motifs is 2. The molecule has 5 heteroatoms. The molecule has 1 saturated heterocycles. The highest BCUT2D eigenvalue weighted by atomic mass is 16.6. The van der Waals surface area contributed by atoms with Crippen molar-refractivity contribution < 1.29 is 23.8 Å². The summed E-state index contributed by atoms with van der Waals surface area (Å²) in [4.78, 5) is 26.1. The van der Waals surface area contributed by atoms with Gasteiger partial charge in [-0.05, 0) is 61.1 Å². The zero-order chi connectivity index (χ0) is 26.0. The quantitative estimate of drug-likeness (QED) is 0.394. The Hall–Kier alpha value is -1.88. The number of carbonyl (C=O) groups excluding carboxylic acids is 2. The third-order valence-electron chi connectivity index (χ3n) is 10.2. The molecule has 1 aromatic rings. The van der Waals surface area contributed by atoms with Crippen LogP contribution in [0.3, 0.4) is 0 Å². The summed E-state index contributed by atoms with van der Waals surface area (Å²) >= 11 is 0. The second-order valence-corrected chi connectivity index (χ2v) is 12.6. The van der Waals surface area contributed by atoms with Gasteiger partial charge < -0.3 is 14.2 Å². The smallest absolute Gasteiger partial charge is 0.351 e. The van der Waals surface area contributed by atoms with Crippen molar-refractivity contribution in [2.45, 2.75) is 98.0 Å². The molecule has 1 heterocycles. The van der Waals surface area contributed by atoms with Crippen LogP contribution in [0.5, 0.6) is 0 Å². The fourth-order valence-electron chi connectivity index (χ4n) is 6.59. The number of ether oxygens (including phenoxy) is 3. The molecule has 1 aliphatic heterocycles. The van der Waals surface area contributed by atoms with Crippen molar-refractivity contribution >= 4 is 11.9 Å². The Balaban J connectivity index is 1.58. The first kappa shape index (κ1) is 26.2. The molecule has 1 aromatic carbocycles. The second kappa shape index (κ2) is 8.61. The van der Waals surface area contributed by atoms with Crippen LogP contribution in [0.1, 0.15) is 104 Å². The molecule has 0 spiro atoms. The number of hydrogen-bond donors (Lipinski definition) is 0. The van der Waals surface area contributed by atoms with E-state index in [1.165, 1.54) is 16.7 Å². The zero-order valence-electron chi connectivity index (χ0n) is 23.1. The van der Waals surface area contributed by atoms with Crippen molar-refractivity contribution in [3.63, 3.8) is 0 Å². The number of hydrogen-bond acceptors (Lipinski definition) is 5. The van der Waals surface area contributed by atoms with Crippen LogP contribution in [0.2, 0.25) is 0 Å². The molecule has 4 unspecified atom stereocenters. The maximum atomic E-state index is 13.5. The molecule has 3 aliphatic rings. The summed E-state index contributed by atoms with van der Waals surface area (Å²) in [7, 11) is 0. The summed E-state index contributed by atoms with van der Waals surface area (Å²) in [5.74, 6) is 0.633. The Kier molecular flexibility index (Phi) is 6.44. The fraction of sp³-hybridized carbons (Fsp3) is 0.733. The molecule has 0 aromatic heterocycles. The molecule has 2 bridgehead atoms. The summed E-state index contributed by atoms with van der Waals surface area (Å²) in [6.07, 6.45) is 1.18. The van der Waals surface area contributed by atoms with E-state index in [9.17, 15) is 9.59 Å². The van der Waals surface area contributed by atoms with Gasteiger partial charge in [0.15, 0.2) is 0 Å². The van der Waals surface area contributed by atoms with E-state index in [0.29, 0.717) is 44.5 Å². The minimum atomic E-state index is -1.18. The van der Waals surface area contributed by atoms with Crippen LogP contribution >= 0.6 is 0 Å². The van der Waals surface area contributed by atoms with Gasteiger partial charge in [-0.1, -0.05) is 66.7 Å². The van der Waals surface area contributed by atoms with E-state index in [4.69, 9.17) is 14.2 Å². The van der Waals surface area contributed by atoms with Crippen molar-refractivity contribution in [2.75, 3.05) is 19.8 Å². The number of carbonyl (C=O) groups is 2. The minimum absolute atomic E-state index is 0.131. The highest BCUT2D eigenvalue weighted by Crippen LogP contribution is 2.66. The Morgan fingerprint density at radius 1 is 0.971 bits per heavy atom. The standard InChI is InChI=1S/C30H44O5/c1-10-33-16-23-24(29(23,9)22-14-20(18(2)3)13-21(15-22)19(4)5)17-34-26(32)30-12-11-28(8,25(31)35-30)27(30,6)7/h13-15,18-19,23-24H,10-12,16-17H2,1-9H3/t23?,24-,28?,29?,30?/m0/s1. The van der Waals surface area contributed by atoms with Crippen LogP contribution < -0.4 is 0 Å². The monoisotopic (exact) mass is 484 g/mol. The predicted octanol–water partition coefficient (Wildman–Crippen LogP) is 6.14. The van der Waals surface area contributed by atoms with Gasteiger partial charge in [0.25, 0.3) is 0 Å². The minimum Gasteiger partial charge on any atom is -0.462 e. The SMILES string of the molecule is CCOCC1[C@H](COC(=O)C23CCC(C)(C(=O)O2)C3(C)C)C1(C)c1cc(C(C)C)cc(C(C)C)c1. The average Bonchev–Trinajstić information content (AvgIpc) is 3.27. The Labute approximate surface area is 211 Å². The fourth-order valence-corrected chi connectivity index (χ4v) is 6.59. The summed E-state index contributed by atoms with van der Waals surface area (Å²) in [6, 6.07) is 6.99. The summed E-state index contributed by atoms with van der Waals surface area (Å²) in [6.45, 7) is 20.7. The highest BCUT2D eigenvalue weighted by Gasteiger charge is 2.76. The van der Waals surface area contributed by atoms with Gasteiger partial charge in [0.1, 0.15) is 0 Å². The Bertz CT molecular complexity index is 984. The molecule has 5 nitrogen and oxygen atoms in total. The van der Waals surface area contributed by atoms with Gasteiger partial charge in [0.05, 0.1) is 18.6 Å². The topological polar surface area (TPSA) is 61.8 Å². The Morgan fingerprint density at radius 2 is 1.54 bits per heavy atom. The molecule has 5 atom stereocenters. The van der Waals surface area contributed by atoms with Gasteiger partial charge in [-0.25, -0.2) is 4.79 Å². The van der Waals surface area contributed by atoms with E-state index in [-0.39, 0.29) is 29.2 Å². The molecular formula is C30H44O5. The second-order valence-electron chi connectivity index (χ2n) is 12.6. The Morgan fingerprint density at radius 3 is 2.00 bits per heavy atom. The van der Waals surface area contributed by atoms with Gasteiger partial charge in [0, 0.05) is 23.4 Å². The van der Waals surface area contributed by atoms with Crippen LogP contribution in [-0.4, -0.2) is 37.4 Å². The average molecular weight is 485 g/mol. The summed E-state index contributed by atoms with van der Waals surface area (Å²) < 4.78 is 17.6. The first-order chi connectivity index (χ1) is 16.3. The van der Waals surface area contributed by atoms with Crippen LogP contribution in [-0.2, 0) is 29.2 Å². The lowest BCUT2D eigenvalue weighted by molar-refractivity contribution is -0.183. The lowest BCUT2D eigenvalue weighted by atomic mass is 9.66. The van der Waals surface area contributed by atoms with E-state index >= 15 is 0 Å². The van der Waals surface area contributed by atoms with Gasteiger partial charge in [0.2, 0.25) is 5.60 Å². The normalized spacial score (nSPS) is 35.0. The summed E-state index contributed by atoms with van der Waals surface area (Å²) in [5.41, 5.74) is 1.45. The molecule has 0 N–H and O–H groups in total. The maximum absolute atomic E-state index is 13.5. The largest absolute Gasteiger partial charge is 0.462 e. The van der Waals surface area contributed by atoms with E-state index in [1.54, 1.807) is 0 Å². The molecule has 4 rings (SSSR count). The first-order valence-corrected chi connectivity index (χ1v) is 13.4. The lowest BCUT2D eigenvalue weighted by Crippen LogP contribution is -2.49. The van der Waals surface area contributed by atoms with Crippen LogP contribution in [0.15, 0.2) is 18.2 Å². The van der Waals surface area contributed by atoms with Gasteiger partial charge in [-0.2, -0.15) is 0 Å². The van der Waals surface area contributed by atoms with Crippen LogP contribution in [0.4, 0.5) is 0 Å². The number of esters is 2. The van der Waals surface area contributed by atoms with E-state index < -0.39 is 16.4 Å². The molecule has 194 valence electrons. The van der Waals surface area contributed by atoms with Crippen LogP contribution in [0, 0.1) is 22.7 Å². The predicted molar refractivity (Wildman–Crippen MR) is 136 cm³/mol. The maximum Gasteiger partial charge on any atom is 0.351 e. The van der Waals surface area contributed by atoms with Crippen molar-refractivity contribution in [1.82, 2.24) is 0 Å². The van der Waals surface area contributed by atoms with E-state index in [1.807, 2.05) is 27.7 Å². The molecule has 2 aliphatic carbocycles. The van der Waals surface area contributed by atoms with Crippen molar-refractivity contribution in [2.24, 2.45) is 22.7 Å². The number of benzene rings is 1. The van der Waals surface area contributed by atoms with E-state index in [2.05, 4.69) is 52.8 Å². The summed E-state index contributed by atoms with van der Waals surface area (Å²) in [5, 5.41) is 0. The third-order valence-corrected chi connectivity index (χ3v) is 10.2. The number of rotatable bonds is 9. The lowest BCUT2D eigenvalue weighted by Gasteiger charge is -2.34. The van der Waals surface area contributed by atoms with Crippen molar-refractivity contribution in [3.8, 4) is 0 Å². The third kappa shape index (κ3) is 3.67. The zero-order valence-corrected chi connectivity index (χ0v) is 23.1. The molecule has 35 heavy (non-hydrogen) atoms. The van der Waals surface area contributed by atoms with Gasteiger partial charge in [-0.15, -0.1) is 0 Å².